The molecule has 23 heteroatoms. The molecule has 0 saturated carbocycles. The molecule has 3 heterocycles. The molecule has 7 amide bonds. The van der Waals surface area contributed by atoms with Crippen LogP contribution in [0.1, 0.15) is 111 Å². The van der Waals surface area contributed by atoms with E-state index in [4.69, 9.17) is 16.2 Å². The number of aromatic amines is 1. The minimum absolute atomic E-state index is 0.00312. The molecular formula is C48H73N11O12. The minimum atomic E-state index is -1.87. The number of rotatable bonds is 18. The van der Waals surface area contributed by atoms with Gasteiger partial charge in [0.1, 0.15) is 54.6 Å². The van der Waals surface area contributed by atoms with E-state index >= 15 is 4.79 Å². The number of para-hydroxylation sites is 1. The van der Waals surface area contributed by atoms with Crippen molar-refractivity contribution in [2.24, 2.45) is 28.3 Å². The summed E-state index contributed by atoms with van der Waals surface area (Å²) in [4.78, 5) is 136. The van der Waals surface area contributed by atoms with Crippen LogP contribution < -0.4 is 38.1 Å². The van der Waals surface area contributed by atoms with Gasteiger partial charge in [0.05, 0.1) is 6.42 Å². The van der Waals surface area contributed by atoms with Crippen molar-refractivity contribution in [1.29, 1.82) is 0 Å². The largest absolute Gasteiger partial charge is 0.481 e. The first-order valence-electron chi connectivity index (χ1n) is 24.4. The normalized spacial score (nSPS) is 24.9. The summed E-state index contributed by atoms with van der Waals surface area (Å²) in [6, 6.07) is -3.16. The number of ether oxygens (including phenoxy) is 1. The second-order valence-corrected chi connectivity index (χ2v) is 18.8. The summed E-state index contributed by atoms with van der Waals surface area (Å²) >= 11 is 0. The van der Waals surface area contributed by atoms with Crippen LogP contribution in [0, 0.1) is 11.8 Å². The third-order valence-corrected chi connectivity index (χ3v) is 13.0. The Kier molecular flexibility index (Phi) is 21.1. The summed E-state index contributed by atoms with van der Waals surface area (Å²) in [6.07, 6.45) is -0.271. The van der Waals surface area contributed by atoms with Crippen molar-refractivity contribution < 1.29 is 58.1 Å². The van der Waals surface area contributed by atoms with Gasteiger partial charge >= 0.3 is 11.9 Å². The van der Waals surface area contributed by atoms with Crippen LogP contribution in [0.25, 0.3) is 10.9 Å². The predicted octanol–water partition coefficient (Wildman–Crippen LogP) is 0.0268. The molecule has 2 aliphatic rings. The highest BCUT2D eigenvalue weighted by Crippen LogP contribution is 2.29. The molecule has 23 nitrogen and oxygen atoms in total. The van der Waals surface area contributed by atoms with Crippen molar-refractivity contribution in [2.75, 3.05) is 13.6 Å². The summed E-state index contributed by atoms with van der Waals surface area (Å²) in [5.74, 6) is -10.1. The van der Waals surface area contributed by atoms with Gasteiger partial charge in [-0.05, 0) is 62.5 Å². The zero-order chi connectivity index (χ0) is 52.7. The number of unbranched alkanes of at least 4 members (excludes halogenated alkanes) is 2. The second kappa shape index (κ2) is 26.4. The highest BCUT2D eigenvalue weighted by molar-refractivity contribution is 5.99. The van der Waals surface area contributed by atoms with Gasteiger partial charge in [0.25, 0.3) is 0 Å². The van der Waals surface area contributed by atoms with E-state index in [1.165, 1.54) is 18.9 Å². The molecule has 1 aromatic carbocycles. The maximum Gasteiger partial charge on any atom is 0.329 e. The van der Waals surface area contributed by atoms with Gasteiger partial charge in [-0.2, -0.15) is 0 Å². The number of carboxylic acid groups (broad SMARTS) is 1. The van der Waals surface area contributed by atoms with Gasteiger partial charge in [-0.3, -0.25) is 43.3 Å². The van der Waals surface area contributed by atoms with E-state index in [9.17, 15) is 48.6 Å². The molecule has 10 unspecified atom stereocenters. The molecule has 392 valence electrons. The van der Waals surface area contributed by atoms with Crippen molar-refractivity contribution in [3.8, 4) is 0 Å². The number of carboxylic acids is 1. The third kappa shape index (κ3) is 15.4. The summed E-state index contributed by atoms with van der Waals surface area (Å²) in [5, 5.41) is 34.8. The molecule has 2 bridgehead atoms. The quantitative estimate of drug-likeness (QED) is 0.0408. The van der Waals surface area contributed by atoms with E-state index in [-0.39, 0.29) is 51.0 Å². The molecule has 2 fully saturated rings. The number of aliphatic hydroxyl groups is 1. The smallest absolute Gasteiger partial charge is 0.329 e. The summed E-state index contributed by atoms with van der Waals surface area (Å²) in [7, 11) is 1.40. The number of aliphatic hydroxyl groups excluding tert-OH is 1. The number of nitrogens with one attached hydrogen (secondary N) is 6. The first kappa shape index (κ1) is 56.8. The van der Waals surface area contributed by atoms with Crippen LogP contribution in [-0.2, 0) is 54.3 Å². The third-order valence-electron chi connectivity index (χ3n) is 13.0. The van der Waals surface area contributed by atoms with E-state index in [1.54, 1.807) is 33.9 Å². The number of piperidine rings is 1. The lowest BCUT2D eigenvalue weighted by Gasteiger charge is -2.44. The van der Waals surface area contributed by atoms with Crippen molar-refractivity contribution in [3.63, 3.8) is 0 Å². The Morgan fingerprint density at radius 3 is 2.28 bits per heavy atom. The number of carbonyl (C=O) groups excluding carboxylic acids is 8. The van der Waals surface area contributed by atoms with Gasteiger partial charge < -0.3 is 67.8 Å². The first-order valence-corrected chi connectivity index (χ1v) is 24.4. The summed E-state index contributed by atoms with van der Waals surface area (Å²) < 4.78 is 5.87. The Labute approximate surface area is 413 Å². The number of esters is 1. The van der Waals surface area contributed by atoms with Gasteiger partial charge in [-0.1, -0.05) is 72.1 Å². The molecule has 2 aliphatic heterocycles. The number of H-pyrrole nitrogens is 1. The second-order valence-electron chi connectivity index (χ2n) is 18.8. The maximum atomic E-state index is 15.0. The molecule has 71 heavy (non-hydrogen) atoms. The molecule has 0 aliphatic carbocycles. The molecular weight excluding hydrogens is 923 g/mol. The molecule has 0 radical (unpaired) electrons. The highest BCUT2D eigenvalue weighted by Gasteiger charge is 2.47. The Morgan fingerprint density at radius 1 is 0.930 bits per heavy atom. The summed E-state index contributed by atoms with van der Waals surface area (Å²) in [5.41, 5.74) is 12.4. The van der Waals surface area contributed by atoms with E-state index in [0.717, 1.165) is 22.2 Å². The fraction of sp³-hybridized carbons (Fsp3) is 0.625. The number of fused-ring (bicyclic) bond motifs is 3. The van der Waals surface area contributed by atoms with Crippen LogP contribution in [0.4, 0.5) is 0 Å². The number of amides is 7. The fourth-order valence-corrected chi connectivity index (χ4v) is 8.71. The predicted molar refractivity (Wildman–Crippen MR) is 260 cm³/mol. The topological polar surface area (TPSA) is 350 Å². The number of hydrogen-bond acceptors (Lipinski definition) is 12. The Bertz CT molecular complexity index is 2260. The minimum Gasteiger partial charge on any atom is -0.481 e. The van der Waals surface area contributed by atoms with E-state index < -0.39 is 126 Å². The Morgan fingerprint density at radius 2 is 1.63 bits per heavy atom. The number of likely N-dealkylation sites (N-methyl/N-ethyl adjacent to an activating group) is 1. The molecule has 0 spiro atoms. The van der Waals surface area contributed by atoms with Crippen LogP contribution >= 0.6 is 0 Å². The van der Waals surface area contributed by atoms with Crippen LogP contribution in [-0.4, -0.2) is 152 Å². The number of carbonyl (C=O) groups is 9. The van der Waals surface area contributed by atoms with Crippen LogP contribution in [0.15, 0.2) is 35.5 Å². The number of aliphatic imine (C=N–C) groups is 1. The Hall–Kier alpha value is -6.78. The van der Waals surface area contributed by atoms with Gasteiger partial charge in [0, 0.05) is 43.5 Å². The zero-order valence-electron chi connectivity index (χ0n) is 41.7. The van der Waals surface area contributed by atoms with Gasteiger partial charge in [-0.15, -0.1) is 0 Å². The van der Waals surface area contributed by atoms with E-state index in [1.807, 2.05) is 31.2 Å². The number of cyclic esters (lactones) is 1. The number of aromatic nitrogens is 1. The molecule has 2 aromatic rings. The van der Waals surface area contributed by atoms with Crippen LogP contribution in [0.5, 0.6) is 0 Å². The standard InChI is InChI=1S/C48H73N11O12/c1-8-10-11-18-35(60)53-33(23-37(62)63)42(65)57-39-27(6)71-47(70)38(25(3)4)56-43(66)34(22-28-24-52-30-16-13-12-15-29(28)30)58(7)46(69)40(26(5)9-2)59-36(61)20-19-32(45(59)68)55-41(64)31(54-44(39)67)17-14-21-51-48(49)50/h12-13,15-16,24-27,31-34,36,38-40,52,61H,8-11,14,17-23H2,1-7H3,(H,53,60)(H,54,67)(H,55,64)(H,56,66)(H,57,65)(H,62,63)(H4,49,50,51). The number of nitrogens with zero attached hydrogens (tertiary/aromatic N) is 3. The first-order chi connectivity index (χ1) is 33.6. The maximum absolute atomic E-state index is 15.0. The number of benzene rings is 1. The van der Waals surface area contributed by atoms with Gasteiger partial charge in [-0.25, -0.2) is 4.79 Å². The van der Waals surface area contributed by atoms with E-state index in [2.05, 4.69) is 36.6 Å². The van der Waals surface area contributed by atoms with E-state index in [0.29, 0.717) is 24.8 Å². The lowest BCUT2D eigenvalue weighted by atomic mass is 9.91. The number of hydrogen-bond donors (Lipinski definition) is 10. The average molecular weight is 996 g/mol. The van der Waals surface area contributed by atoms with Gasteiger partial charge in [0.2, 0.25) is 41.4 Å². The molecule has 10 atom stereocenters. The molecule has 4 rings (SSSR count). The van der Waals surface area contributed by atoms with Crippen LogP contribution in [0.3, 0.4) is 0 Å². The van der Waals surface area contributed by atoms with Crippen molar-refractivity contribution in [1.82, 2.24) is 41.4 Å². The van der Waals surface area contributed by atoms with Crippen LogP contribution in [0.2, 0.25) is 0 Å². The lowest BCUT2D eigenvalue weighted by Crippen LogP contribution is -2.66. The number of nitrogens with two attached hydrogens (primary N) is 2. The van der Waals surface area contributed by atoms with Gasteiger partial charge in [0.15, 0.2) is 5.96 Å². The Balaban J connectivity index is 1.87. The lowest BCUT2D eigenvalue weighted by molar-refractivity contribution is -0.168. The van der Waals surface area contributed by atoms with Crippen molar-refractivity contribution in [3.05, 3.63) is 36.0 Å². The average Bonchev–Trinajstić information content (AvgIpc) is 3.73. The van der Waals surface area contributed by atoms with Crippen molar-refractivity contribution in [2.45, 2.75) is 167 Å². The highest BCUT2D eigenvalue weighted by atomic mass is 16.5. The SMILES string of the molecule is CCCCCC(=O)NC(CC(=O)O)C(=O)NC1C(=O)NC(CCCN=C(N)N)C(=O)NC2CCC(O)N(C2=O)C(C(C)CC)C(=O)N(C)C(Cc2c[nH]c3ccccc23)C(=O)NC(C(C)C)C(=O)OC1C. The molecule has 1 aromatic heterocycles. The van der Waals surface area contributed by atoms with Crippen molar-refractivity contribution >= 4 is 70.2 Å². The molecule has 2 saturated heterocycles. The fourth-order valence-electron chi connectivity index (χ4n) is 8.71. The zero-order valence-corrected chi connectivity index (χ0v) is 41.7. The monoisotopic (exact) mass is 996 g/mol. The number of aliphatic carboxylic acids is 1. The summed E-state index contributed by atoms with van der Waals surface area (Å²) in [6.45, 7) is 9.94. The number of guanidine groups is 1. The molecule has 12 N–H and O–H groups in total.